The van der Waals surface area contributed by atoms with Crippen LogP contribution in [0.5, 0.6) is 0 Å². The topological polar surface area (TPSA) is 26.0 Å². The molecule has 1 aliphatic rings. The molecule has 0 spiro atoms. The Hall–Kier alpha value is -0.870. The molecule has 0 bridgehead atoms. The molecule has 2 aromatic rings. The largest absolute Gasteiger partial charge is 0.320 e. The van der Waals surface area contributed by atoms with Crippen LogP contribution in [0.3, 0.4) is 0 Å². The minimum absolute atomic E-state index is 0.0256. The van der Waals surface area contributed by atoms with E-state index in [2.05, 4.69) is 71.1 Å². The lowest BCUT2D eigenvalue weighted by molar-refractivity contribution is 0.443. The molecule has 2 heteroatoms. The maximum absolute atomic E-state index is 6.39. The van der Waals surface area contributed by atoms with Gasteiger partial charge in [0.15, 0.2) is 0 Å². The van der Waals surface area contributed by atoms with Crippen molar-refractivity contribution in [2.45, 2.75) is 44.1 Å². The van der Waals surface area contributed by atoms with Crippen LogP contribution < -0.4 is 5.73 Å². The van der Waals surface area contributed by atoms with E-state index in [-0.39, 0.29) is 6.04 Å². The molecule has 110 valence electrons. The Kier molecular flexibility index (Phi) is 4.96. The van der Waals surface area contributed by atoms with Gasteiger partial charge in [0.2, 0.25) is 0 Å². The van der Waals surface area contributed by atoms with Crippen molar-refractivity contribution < 1.29 is 0 Å². The van der Waals surface area contributed by atoms with E-state index in [9.17, 15) is 0 Å². The maximum Gasteiger partial charge on any atom is 0.0551 e. The molecule has 21 heavy (non-hydrogen) atoms. The molecule has 0 aliphatic heterocycles. The smallest absolute Gasteiger partial charge is 0.0551 e. The monoisotopic (exact) mass is 391 g/mol. The summed E-state index contributed by atoms with van der Waals surface area (Å²) < 4.78 is 1.25. The standard InChI is InChI=1S/C19H22IN/c20-18-12-10-17(11-13-18)19(21)16-8-6-15(7-9-16)14-4-2-1-3-5-14/h6-14,19H,1-5,21H2. The first kappa shape index (κ1) is 15.0. The molecule has 1 unspecified atom stereocenters. The summed E-state index contributed by atoms with van der Waals surface area (Å²) in [6, 6.07) is 17.5. The minimum atomic E-state index is -0.0256. The molecule has 0 amide bonds. The van der Waals surface area contributed by atoms with Crippen molar-refractivity contribution in [3.8, 4) is 0 Å². The van der Waals surface area contributed by atoms with Crippen molar-refractivity contribution in [1.29, 1.82) is 0 Å². The highest BCUT2D eigenvalue weighted by Gasteiger charge is 2.16. The fourth-order valence-corrected chi connectivity index (χ4v) is 3.63. The first-order valence-electron chi connectivity index (χ1n) is 7.85. The normalized spacial score (nSPS) is 17.6. The first-order valence-corrected chi connectivity index (χ1v) is 8.93. The van der Waals surface area contributed by atoms with Crippen molar-refractivity contribution in [2.75, 3.05) is 0 Å². The predicted octanol–water partition coefficient (Wildman–Crippen LogP) is 5.39. The Morgan fingerprint density at radius 1 is 0.810 bits per heavy atom. The second-order valence-corrected chi connectivity index (χ2v) is 7.28. The molecule has 0 radical (unpaired) electrons. The zero-order valence-corrected chi connectivity index (χ0v) is 14.4. The summed E-state index contributed by atoms with van der Waals surface area (Å²) in [5.41, 5.74) is 10.3. The van der Waals surface area contributed by atoms with Crippen molar-refractivity contribution >= 4 is 22.6 Å². The van der Waals surface area contributed by atoms with Crippen molar-refractivity contribution in [3.63, 3.8) is 0 Å². The second-order valence-electron chi connectivity index (χ2n) is 6.03. The molecule has 3 rings (SSSR count). The number of hydrogen-bond donors (Lipinski definition) is 1. The van der Waals surface area contributed by atoms with E-state index in [1.807, 2.05) is 0 Å². The van der Waals surface area contributed by atoms with Gasteiger partial charge in [-0.3, -0.25) is 0 Å². The molecule has 0 heterocycles. The maximum atomic E-state index is 6.39. The quantitative estimate of drug-likeness (QED) is 0.698. The summed E-state index contributed by atoms with van der Waals surface area (Å²) in [4.78, 5) is 0. The Morgan fingerprint density at radius 3 is 1.90 bits per heavy atom. The van der Waals surface area contributed by atoms with E-state index in [4.69, 9.17) is 5.73 Å². The lowest BCUT2D eigenvalue weighted by Gasteiger charge is -2.22. The average molecular weight is 391 g/mol. The van der Waals surface area contributed by atoms with Crippen molar-refractivity contribution in [1.82, 2.24) is 0 Å². The molecule has 1 aliphatic carbocycles. The molecule has 2 N–H and O–H groups in total. The highest BCUT2D eigenvalue weighted by Crippen LogP contribution is 2.33. The van der Waals surface area contributed by atoms with Gasteiger partial charge < -0.3 is 5.73 Å². The number of hydrogen-bond acceptors (Lipinski definition) is 1. The third-order valence-electron chi connectivity index (χ3n) is 4.60. The van der Waals surface area contributed by atoms with Crippen molar-refractivity contribution in [3.05, 3.63) is 68.8 Å². The SMILES string of the molecule is NC(c1ccc(I)cc1)c1ccc(C2CCCCC2)cc1. The average Bonchev–Trinajstić information content (AvgIpc) is 2.56. The Morgan fingerprint density at radius 2 is 1.33 bits per heavy atom. The van der Waals surface area contributed by atoms with Gasteiger partial charge in [0.25, 0.3) is 0 Å². The summed E-state index contributed by atoms with van der Waals surface area (Å²) in [6.45, 7) is 0. The molecular weight excluding hydrogens is 369 g/mol. The molecule has 0 aromatic heterocycles. The zero-order chi connectivity index (χ0) is 14.7. The lowest BCUT2D eigenvalue weighted by Crippen LogP contribution is -2.12. The third kappa shape index (κ3) is 3.67. The molecule has 1 nitrogen and oxygen atoms in total. The molecular formula is C19H22IN. The van der Waals surface area contributed by atoms with Crippen LogP contribution in [0.1, 0.15) is 60.8 Å². The lowest BCUT2D eigenvalue weighted by atomic mass is 9.83. The van der Waals surface area contributed by atoms with Gasteiger partial charge in [-0.2, -0.15) is 0 Å². The Balaban J connectivity index is 1.75. The minimum Gasteiger partial charge on any atom is -0.320 e. The highest BCUT2D eigenvalue weighted by molar-refractivity contribution is 14.1. The van der Waals surface area contributed by atoms with Crippen LogP contribution >= 0.6 is 22.6 Å². The molecule has 0 saturated heterocycles. The summed E-state index contributed by atoms with van der Waals surface area (Å²) in [5, 5.41) is 0. The summed E-state index contributed by atoms with van der Waals surface area (Å²) in [6.07, 6.45) is 6.88. The van der Waals surface area contributed by atoms with E-state index in [1.54, 1.807) is 0 Å². The van der Waals surface area contributed by atoms with Gasteiger partial charge in [0, 0.05) is 3.57 Å². The highest BCUT2D eigenvalue weighted by atomic mass is 127. The zero-order valence-electron chi connectivity index (χ0n) is 12.3. The van der Waals surface area contributed by atoms with Gasteiger partial charge in [0.05, 0.1) is 6.04 Å². The van der Waals surface area contributed by atoms with E-state index in [0.717, 1.165) is 5.92 Å². The van der Waals surface area contributed by atoms with Crippen LogP contribution in [0.4, 0.5) is 0 Å². The van der Waals surface area contributed by atoms with Crippen LogP contribution in [0.25, 0.3) is 0 Å². The Bertz CT molecular complexity index is 568. The van der Waals surface area contributed by atoms with Gasteiger partial charge in [-0.15, -0.1) is 0 Å². The van der Waals surface area contributed by atoms with E-state index >= 15 is 0 Å². The number of halogens is 1. The van der Waals surface area contributed by atoms with Gasteiger partial charge in [-0.1, -0.05) is 55.7 Å². The molecule has 1 atom stereocenters. The van der Waals surface area contributed by atoms with Gasteiger partial charge in [-0.05, 0) is 70.2 Å². The third-order valence-corrected chi connectivity index (χ3v) is 5.32. The molecule has 2 aromatic carbocycles. The summed E-state index contributed by atoms with van der Waals surface area (Å²) >= 11 is 2.32. The number of rotatable bonds is 3. The van der Waals surface area contributed by atoms with Crippen LogP contribution in [-0.2, 0) is 0 Å². The van der Waals surface area contributed by atoms with Crippen LogP contribution in [0, 0.1) is 3.57 Å². The van der Waals surface area contributed by atoms with Gasteiger partial charge >= 0.3 is 0 Å². The van der Waals surface area contributed by atoms with E-state index in [1.165, 1.54) is 52.4 Å². The Labute approximate surface area is 141 Å². The molecule has 1 saturated carbocycles. The number of benzene rings is 2. The van der Waals surface area contributed by atoms with Crippen LogP contribution in [0.2, 0.25) is 0 Å². The predicted molar refractivity (Wildman–Crippen MR) is 97.5 cm³/mol. The van der Waals surface area contributed by atoms with Crippen LogP contribution in [-0.4, -0.2) is 0 Å². The second kappa shape index (κ2) is 6.93. The summed E-state index contributed by atoms with van der Waals surface area (Å²) in [5.74, 6) is 0.766. The van der Waals surface area contributed by atoms with Gasteiger partial charge in [0.1, 0.15) is 0 Å². The fraction of sp³-hybridized carbons (Fsp3) is 0.368. The van der Waals surface area contributed by atoms with E-state index < -0.39 is 0 Å². The fourth-order valence-electron chi connectivity index (χ4n) is 3.27. The van der Waals surface area contributed by atoms with Gasteiger partial charge in [-0.25, -0.2) is 0 Å². The van der Waals surface area contributed by atoms with Crippen molar-refractivity contribution in [2.24, 2.45) is 5.73 Å². The molecule has 1 fully saturated rings. The van der Waals surface area contributed by atoms with E-state index in [0.29, 0.717) is 0 Å². The number of nitrogens with two attached hydrogens (primary N) is 1. The first-order chi connectivity index (χ1) is 10.2. The summed E-state index contributed by atoms with van der Waals surface area (Å²) in [7, 11) is 0. The van der Waals surface area contributed by atoms with Crippen LogP contribution in [0.15, 0.2) is 48.5 Å².